The molecule has 0 unspecified atom stereocenters. The van der Waals surface area contributed by atoms with Crippen molar-refractivity contribution in [3.63, 3.8) is 0 Å². The van der Waals surface area contributed by atoms with Gasteiger partial charge in [-0.2, -0.15) is 0 Å². The van der Waals surface area contributed by atoms with Gasteiger partial charge in [-0.05, 0) is 50.1 Å². The van der Waals surface area contributed by atoms with Crippen LogP contribution in [0.2, 0.25) is 0 Å². The summed E-state index contributed by atoms with van der Waals surface area (Å²) in [6.07, 6.45) is 2.05. The molecule has 152 valence electrons. The normalized spacial score (nSPS) is 11.4. The fourth-order valence-corrected chi connectivity index (χ4v) is 3.47. The van der Waals surface area contributed by atoms with Crippen LogP contribution < -0.4 is 0 Å². The standard InChI is InChI=1S/C25H36N2O/c1-5-26(6-2)19-17-21-9-13-23(14-10-21)25(28)24-15-11-22(12-16-24)18-20-27(7-3)8-4/h9-16H,5-8,17-20H2,1-4H3. The number of benzene rings is 2. The number of hydrogen-bond acceptors (Lipinski definition) is 3. The van der Waals surface area contributed by atoms with Gasteiger partial charge in [0.15, 0.2) is 5.78 Å². The molecule has 3 heteroatoms. The van der Waals surface area contributed by atoms with Gasteiger partial charge >= 0.3 is 0 Å². The number of hydrogen-bond donors (Lipinski definition) is 0. The molecule has 0 aromatic heterocycles. The summed E-state index contributed by atoms with van der Waals surface area (Å²) in [6, 6.07) is 16.2. The summed E-state index contributed by atoms with van der Waals surface area (Å²) in [6.45, 7) is 15.2. The second-order valence-electron chi connectivity index (χ2n) is 7.28. The molecule has 0 atom stereocenters. The molecule has 0 bridgehead atoms. The van der Waals surface area contributed by atoms with E-state index in [9.17, 15) is 4.79 Å². The maximum atomic E-state index is 12.8. The number of rotatable bonds is 12. The highest BCUT2D eigenvalue weighted by molar-refractivity contribution is 6.08. The molecule has 0 saturated heterocycles. The van der Waals surface area contributed by atoms with Gasteiger partial charge in [0.25, 0.3) is 0 Å². The van der Waals surface area contributed by atoms with E-state index in [0.29, 0.717) is 0 Å². The van der Waals surface area contributed by atoms with Crippen LogP contribution in [0.4, 0.5) is 0 Å². The molecule has 28 heavy (non-hydrogen) atoms. The minimum absolute atomic E-state index is 0.102. The predicted octanol–water partition coefficient (Wildman–Crippen LogP) is 4.69. The summed E-state index contributed by atoms with van der Waals surface area (Å²) in [5, 5.41) is 0. The molecule has 0 radical (unpaired) electrons. The third kappa shape index (κ3) is 6.57. The first kappa shape index (κ1) is 22.3. The van der Waals surface area contributed by atoms with Crippen LogP contribution in [0.3, 0.4) is 0 Å². The van der Waals surface area contributed by atoms with Gasteiger partial charge in [0.2, 0.25) is 0 Å². The van der Waals surface area contributed by atoms with E-state index < -0.39 is 0 Å². The van der Waals surface area contributed by atoms with Crippen LogP contribution in [0.5, 0.6) is 0 Å². The smallest absolute Gasteiger partial charge is 0.193 e. The second kappa shape index (κ2) is 11.8. The SMILES string of the molecule is CCN(CC)CCc1ccc(C(=O)c2ccc(CCN(CC)CC)cc2)cc1. The third-order valence-corrected chi connectivity index (χ3v) is 5.65. The molecule has 0 aliphatic rings. The lowest BCUT2D eigenvalue weighted by molar-refractivity contribution is 0.103. The molecule has 0 saturated carbocycles. The maximum absolute atomic E-state index is 12.8. The Bertz CT molecular complexity index is 637. The minimum Gasteiger partial charge on any atom is -0.304 e. The summed E-state index contributed by atoms with van der Waals surface area (Å²) in [4.78, 5) is 17.6. The first-order chi connectivity index (χ1) is 13.6. The topological polar surface area (TPSA) is 23.6 Å². The predicted molar refractivity (Wildman–Crippen MR) is 119 cm³/mol. The zero-order valence-electron chi connectivity index (χ0n) is 18.1. The molecule has 3 nitrogen and oxygen atoms in total. The highest BCUT2D eigenvalue weighted by Gasteiger charge is 2.10. The summed E-state index contributed by atoms with van der Waals surface area (Å²) >= 11 is 0. The van der Waals surface area contributed by atoms with Gasteiger partial charge in [-0.3, -0.25) is 4.79 Å². The minimum atomic E-state index is 0.102. The first-order valence-corrected chi connectivity index (χ1v) is 10.8. The van der Waals surface area contributed by atoms with Crippen LogP contribution in [-0.2, 0) is 12.8 Å². The number of likely N-dealkylation sites (N-methyl/N-ethyl adjacent to an activating group) is 2. The Kier molecular flexibility index (Phi) is 9.39. The fourth-order valence-electron chi connectivity index (χ4n) is 3.47. The van der Waals surface area contributed by atoms with Gasteiger partial charge in [-0.15, -0.1) is 0 Å². The van der Waals surface area contributed by atoms with Crippen molar-refractivity contribution in [3.8, 4) is 0 Å². The number of carbonyl (C=O) groups excluding carboxylic acids is 1. The van der Waals surface area contributed by atoms with Gasteiger partial charge in [-0.1, -0.05) is 76.2 Å². The molecule has 2 rings (SSSR count). The highest BCUT2D eigenvalue weighted by Crippen LogP contribution is 2.14. The molecule has 0 heterocycles. The van der Waals surface area contributed by atoms with Crippen molar-refractivity contribution in [2.45, 2.75) is 40.5 Å². The van der Waals surface area contributed by atoms with E-state index in [1.165, 1.54) is 11.1 Å². The van der Waals surface area contributed by atoms with Crippen molar-refractivity contribution < 1.29 is 4.79 Å². The lowest BCUT2D eigenvalue weighted by atomic mass is 9.99. The molecule has 0 fully saturated rings. The fraction of sp³-hybridized carbons (Fsp3) is 0.480. The Balaban J connectivity index is 1.94. The Hall–Kier alpha value is -1.97. The summed E-state index contributed by atoms with van der Waals surface area (Å²) < 4.78 is 0. The Morgan fingerprint density at radius 3 is 1.21 bits per heavy atom. The molecule has 0 N–H and O–H groups in total. The van der Waals surface area contributed by atoms with Crippen molar-refractivity contribution in [1.82, 2.24) is 9.80 Å². The van der Waals surface area contributed by atoms with E-state index in [4.69, 9.17) is 0 Å². The van der Waals surface area contributed by atoms with Crippen molar-refractivity contribution in [1.29, 1.82) is 0 Å². The molecular weight excluding hydrogens is 344 g/mol. The van der Waals surface area contributed by atoms with E-state index in [-0.39, 0.29) is 5.78 Å². The number of carbonyl (C=O) groups is 1. The van der Waals surface area contributed by atoms with E-state index in [1.807, 2.05) is 24.3 Å². The Labute approximate surface area is 171 Å². The molecule has 2 aromatic carbocycles. The van der Waals surface area contributed by atoms with Crippen LogP contribution in [0, 0.1) is 0 Å². The first-order valence-electron chi connectivity index (χ1n) is 10.8. The lowest BCUT2D eigenvalue weighted by Crippen LogP contribution is -2.25. The van der Waals surface area contributed by atoms with Crippen LogP contribution in [0.15, 0.2) is 48.5 Å². The molecule has 0 spiro atoms. The third-order valence-electron chi connectivity index (χ3n) is 5.65. The van der Waals surface area contributed by atoms with Crippen molar-refractivity contribution in [3.05, 3.63) is 70.8 Å². The van der Waals surface area contributed by atoms with E-state index in [1.54, 1.807) is 0 Å². The quantitative estimate of drug-likeness (QED) is 0.499. The summed E-state index contributed by atoms with van der Waals surface area (Å²) in [7, 11) is 0. The summed E-state index contributed by atoms with van der Waals surface area (Å²) in [5.74, 6) is 0.102. The second-order valence-corrected chi connectivity index (χ2v) is 7.28. The van der Waals surface area contributed by atoms with Crippen LogP contribution >= 0.6 is 0 Å². The number of nitrogens with zero attached hydrogens (tertiary/aromatic N) is 2. The monoisotopic (exact) mass is 380 g/mol. The van der Waals surface area contributed by atoms with Gasteiger partial charge < -0.3 is 9.80 Å². The van der Waals surface area contributed by atoms with E-state index in [0.717, 1.165) is 63.2 Å². The summed E-state index contributed by atoms with van der Waals surface area (Å²) in [5.41, 5.74) is 4.11. The average Bonchev–Trinajstić information content (AvgIpc) is 2.75. The molecule has 0 amide bonds. The van der Waals surface area contributed by atoms with E-state index >= 15 is 0 Å². The molecule has 2 aromatic rings. The van der Waals surface area contributed by atoms with Gasteiger partial charge in [0.05, 0.1) is 0 Å². The van der Waals surface area contributed by atoms with Crippen molar-refractivity contribution >= 4 is 5.78 Å². The molecular formula is C25H36N2O. The molecule has 0 aliphatic carbocycles. The Morgan fingerprint density at radius 2 is 0.929 bits per heavy atom. The average molecular weight is 381 g/mol. The van der Waals surface area contributed by atoms with Crippen LogP contribution in [0.25, 0.3) is 0 Å². The van der Waals surface area contributed by atoms with Gasteiger partial charge in [0.1, 0.15) is 0 Å². The van der Waals surface area contributed by atoms with Crippen molar-refractivity contribution in [2.24, 2.45) is 0 Å². The zero-order valence-corrected chi connectivity index (χ0v) is 18.1. The largest absolute Gasteiger partial charge is 0.304 e. The van der Waals surface area contributed by atoms with E-state index in [2.05, 4.69) is 61.8 Å². The van der Waals surface area contributed by atoms with Crippen LogP contribution in [-0.4, -0.2) is 54.9 Å². The maximum Gasteiger partial charge on any atom is 0.193 e. The Morgan fingerprint density at radius 1 is 0.607 bits per heavy atom. The van der Waals surface area contributed by atoms with Crippen molar-refractivity contribution in [2.75, 3.05) is 39.3 Å². The number of ketones is 1. The van der Waals surface area contributed by atoms with Gasteiger partial charge in [0, 0.05) is 24.2 Å². The lowest BCUT2D eigenvalue weighted by Gasteiger charge is -2.17. The molecule has 0 aliphatic heterocycles. The highest BCUT2D eigenvalue weighted by atomic mass is 16.1. The van der Waals surface area contributed by atoms with Crippen LogP contribution in [0.1, 0.15) is 54.7 Å². The van der Waals surface area contributed by atoms with Gasteiger partial charge in [-0.25, -0.2) is 0 Å². The zero-order chi connectivity index (χ0) is 20.4.